The Hall–Kier alpha value is -0.120. The van der Waals surface area contributed by atoms with Crippen LogP contribution in [0.3, 0.4) is 0 Å². The van der Waals surface area contributed by atoms with Crippen molar-refractivity contribution < 1.29 is 0 Å². The molecule has 106 valence electrons. The van der Waals surface area contributed by atoms with Gasteiger partial charge in [-0.25, -0.2) is 0 Å². The summed E-state index contributed by atoms with van der Waals surface area (Å²) in [5.74, 6) is 0. The van der Waals surface area contributed by atoms with Crippen LogP contribution in [0.2, 0.25) is 0 Å². The second-order valence-corrected chi connectivity index (χ2v) is 5.88. The minimum Gasteiger partial charge on any atom is -0.317 e. The van der Waals surface area contributed by atoms with Gasteiger partial charge in [-0.15, -0.1) is 0 Å². The second kappa shape index (κ2) is 8.13. The van der Waals surface area contributed by atoms with Crippen LogP contribution in [0.1, 0.15) is 45.4 Å². The number of piperidine rings is 2. The van der Waals surface area contributed by atoms with Gasteiger partial charge in [0.25, 0.3) is 0 Å². The van der Waals surface area contributed by atoms with Gasteiger partial charge in [0.2, 0.25) is 0 Å². The molecule has 18 heavy (non-hydrogen) atoms. The molecule has 2 aliphatic rings. The van der Waals surface area contributed by atoms with E-state index in [1.165, 1.54) is 77.8 Å². The molecular formula is C15H31N3. The summed E-state index contributed by atoms with van der Waals surface area (Å²) in [4.78, 5) is 5.43. The zero-order chi connectivity index (χ0) is 12.6. The largest absolute Gasteiger partial charge is 0.317 e. The van der Waals surface area contributed by atoms with Crippen LogP contribution in [0.5, 0.6) is 0 Å². The van der Waals surface area contributed by atoms with Gasteiger partial charge in [0.15, 0.2) is 0 Å². The van der Waals surface area contributed by atoms with E-state index in [0.29, 0.717) is 0 Å². The van der Waals surface area contributed by atoms with Gasteiger partial charge in [-0.05, 0) is 77.9 Å². The van der Waals surface area contributed by atoms with Gasteiger partial charge < -0.3 is 15.1 Å². The molecule has 0 aromatic carbocycles. The van der Waals surface area contributed by atoms with Crippen molar-refractivity contribution in [3.05, 3.63) is 0 Å². The summed E-state index contributed by atoms with van der Waals surface area (Å²) in [6.45, 7) is 11.2. The summed E-state index contributed by atoms with van der Waals surface area (Å²) in [6.07, 6.45) is 8.44. The molecule has 1 N–H and O–H groups in total. The van der Waals surface area contributed by atoms with Gasteiger partial charge in [0.05, 0.1) is 0 Å². The predicted molar refractivity (Wildman–Crippen MR) is 78.0 cm³/mol. The molecule has 0 unspecified atom stereocenters. The number of hydrogen-bond acceptors (Lipinski definition) is 3. The Bertz CT molecular complexity index is 206. The van der Waals surface area contributed by atoms with Crippen LogP contribution in [-0.2, 0) is 0 Å². The summed E-state index contributed by atoms with van der Waals surface area (Å²) >= 11 is 0. The molecule has 0 bridgehead atoms. The van der Waals surface area contributed by atoms with Crippen molar-refractivity contribution in [2.75, 3.05) is 45.8 Å². The van der Waals surface area contributed by atoms with E-state index >= 15 is 0 Å². The van der Waals surface area contributed by atoms with Gasteiger partial charge in [-0.3, -0.25) is 0 Å². The Kier molecular flexibility index (Phi) is 6.46. The normalized spacial score (nSPS) is 24.5. The molecule has 3 nitrogen and oxygen atoms in total. The molecule has 0 amide bonds. The van der Waals surface area contributed by atoms with Crippen molar-refractivity contribution in [3.8, 4) is 0 Å². The van der Waals surface area contributed by atoms with Gasteiger partial charge in [-0.1, -0.05) is 13.3 Å². The summed E-state index contributed by atoms with van der Waals surface area (Å²) in [7, 11) is 0. The van der Waals surface area contributed by atoms with Crippen LogP contribution in [0.4, 0.5) is 0 Å². The Morgan fingerprint density at radius 2 is 1.72 bits per heavy atom. The van der Waals surface area contributed by atoms with E-state index in [4.69, 9.17) is 0 Å². The highest BCUT2D eigenvalue weighted by Gasteiger charge is 2.24. The SMILES string of the molecule is CCNCCCN1CCC(N2CCCCC2)CC1. The average Bonchev–Trinajstić information content (AvgIpc) is 2.45. The van der Waals surface area contributed by atoms with Crippen LogP contribution in [-0.4, -0.2) is 61.7 Å². The van der Waals surface area contributed by atoms with E-state index in [1.54, 1.807) is 0 Å². The van der Waals surface area contributed by atoms with E-state index in [0.717, 1.165) is 12.6 Å². The third-order valence-corrected chi connectivity index (χ3v) is 4.54. The standard InChI is InChI=1S/C15H31N3/c1-2-16-9-6-10-17-13-7-15(8-14-17)18-11-4-3-5-12-18/h15-16H,2-14H2,1H3. The van der Waals surface area contributed by atoms with Crippen LogP contribution in [0.25, 0.3) is 0 Å². The molecule has 2 saturated heterocycles. The minimum atomic E-state index is 0.898. The lowest BCUT2D eigenvalue weighted by Crippen LogP contribution is -2.47. The summed E-state index contributed by atoms with van der Waals surface area (Å²) in [6, 6.07) is 0.898. The van der Waals surface area contributed by atoms with Gasteiger partial charge >= 0.3 is 0 Å². The molecule has 2 rings (SSSR count). The number of nitrogens with one attached hydrogen (secondary N) is 1. The third-order valence-electron chi connectivity index (χ3n) is 4.54. The number of hydrogen-bond donors (Lipinski definition) is 1. The summed E-state index contributed by atoms with van der Waals surface area (Å²) in [5.41, 5.74) is 0. The van der Waals surface area contributed by atoms with Gasteiger partial charge in [0.1, 0.15) is 0 Å². The second-order valence-electron chi connectivity index (χ2n) is 5.88. The fourth-order valence-electron chi connectivity index (χ4n) is 3.40. The first kappa shape index (κ1) is 14.3. The molecule has 0 saturated carbocycles. The van der Waals surface area contributed by atoms with Crippen LogP contribution in [0, 0.1) is 0 Å². The van der Waals surface area contributed by atoms with Crippen molar-refractivity contribution >= 4 is 0 Å². The minimum absolute atomic E-state index is 0.898. The Labute approximate surface area is 113 Å². The van der Waals surface area contributed by atoms with E-state index in [2.05, 4.69) is 22.0 Å². The van der Waals surface area contributed by atoms with Crippen molar-refractivity contribution in [3.63, 3.8) is 0 Å². The van der Waals surface area contributed by atoms with Crippen molar-refractivity contribution in [2.24, 2.45) is 0 Å². The molecule has 0 spiro atoms. The zero-order valence-corrected chi connectivity index (χ0v) is 12.2. The van der Waals surface area contributed by atoms with E-state index in [9.17, 15) is 0 Å². The number of nitrogens with zero attached hydrogens (tertiary/aromatic N) is 2. The highest BCUT2D eigenvalue weighted by atomic mass is 15.2. The first-order chi connectivity index (χ1) is 8.90. The lowest BCUT2D eigenvalue weighted by molar-refractivity contribution is 0.0921. The van der Waals surface area contributed by atoms with E-state index in [1.807, 2.05) is 0 Å². The topological polar surface area (TPSA) is 18.5 Å². The fraction of sp³-hybridized carbons (Fsp3) is 1.00. The third kappa shape index (κ3) is 4.52. The Balaban J connectivity index is 1.58. The lowest BCUT2D eigenvalue weighted by atomic mass is 10.00. The number of rotatable bonds is 6. The zero-order valence-electron chi connectivity index (χ0n) is 12.2. The molecule has 0 aliphatic carbocycles. The summed E-state index contributed by atoms with van der Waals surface area (Å²) in [5, 5.41) is 3.41. The molecule has 0 aromatic rings. The first-order valence-corrected chi connectivity index (χ1v) is 8.07. The van der Waals surface area contributed by atoms with E-state index in [-0.39, 0.29) is 0 Å². The molecule has 3 heteroatoms. The monoisotopic (exact) mass is 253 g/mol. The van der Waals surface area contributed by atoms with Crippen LogP contribution >= 0.6 is 0 Å². The van der Waals surface area contributed by atoms with Crippen molar-refractivity contribution in [1.29, 1.82) is 0 Å². The van der Waals surface area contributed by atoms with Crippen LogP contribution < -0.4 is 5.32 Å². The summed E-state index contributed by atoms with van der Waals surface area (Å²) < 4.78 is 0. The predicted octanol–water partition coefficient (Wildman–Crippen LogP) is 1.94. The fourth-order valence-corrected chi connectivity index (χ4v) is 3.40. The molecule has 2 heterocycles. The Morgan fingerprint density at radius 1 is 1.00 bits per heavy atom. The highest BCUT2D eigenvalue weighted by Crippen LogP contribution is 2.20. The Morgan fingerprint density at radius 3 is 2.39 bits per heavy atom. The smallest absolute Gasteiger partial charge is 0.0120 e. The van der Waals surface area contributed by atoms with Crippen molar-refractivity contribution in [2.45, 2.75) is 51.5 Å². The highest BCUT2D eigenvalue weighted by molar-refractivity contribution is 4.81. The maximum absolute atomic E-state index is 3.41. The first-order valence-electron chi connectivity index (χ1n) is 8.07. The van der Waals surface area contributed by atoms with E-state index < -0.39 is 0 Å². The molecule has 0 atom stereocenters. The van der Waals surface area contributed by atoms with Gasteiger partial charge in [-0.2, -0.15) is 0 Å². The van der Waals surface area contributed by atoms with Crippen molar-refractivity contribution in [1.82, 2.24) is 15.1 Å². The van der Waals surface area contributed by atoms with Gasteiger partial charge in [0, 0.05) is 6.04 Å². The maximum Gasteiger partial charge on any atom is 0.0120 e. The molecule has 2 fully saturated rings. The molecule has 0 radical (unpaired) electrons. The van der Waals surface area contributed by atoms with Crippen LogP contribution in [0.15, 0.2) is 0 Å². The number of likely N-dealkylation sites (tertiary alicyclic amines) is 2. The maximum atomic E-state index is 3.41. The average molecular weight is 253 g/mol. The molecular weight excluding hydrogens is 222 g/mol. The lowest BCUT2D eigenvalue weighted by Gasteiger charge is -2.40. The molecule has 2 aliphatic heterocycles. The molecule has 0 aromatic heterocycles. The quantitative estimate of drug-likeness (QED) is 0.730.